The highest BCUT2D eigenvalue weighted by Crippen LogP contribution is 2.22. The molecule has 0 bridgehead atoms. The number of morpholine rings is 1. The fourth-order valence-electron chi connectivity index (χ4n) is 3.84. The Bertz CT molecular complexity index is 809. The molecule has 0 radical (unpaired) electrons. The van der Waals surface area contributed by atoms with Crippen LogP contribution in [0.3, 0.4) is 0 Å². The Labute approximate surface area is 184 Å². The van der Waals surface area contributed by atoms with Crippen LogP contribution in [0.2, 0.25) is 0 Å². The number of guanidine groups is 1. The van der Waals surface area contributed by atoms with E-state index >= 15 is 0 Å². The molecule has 3 rings (SSSR count). The second-order valence-corrected chi connectivity index (χ2v) is 7.53. The fraction of sp³-hybridized carbons (Fsp3) is 0.565. The van der Waals surface area contributed by atoms with Gasteiger partial charge in [-0.3, -0.25) is 4.90 Å². The van der Waals surface area contributed by atoms with Crippen LogP contribution < -0.4 is 10.6 Å². The van der Waals surface area contributed by atoms with Gasteiger partial charge in [0.25, 0.3) is 0 Å². The largest absolute Gasteiger partial charge is 0.379 e. The molecule has 0 saturated carbocycles. The Hall–Kier alpha value is -2.45. The number of aromatic nitrogens is 1. The summed E-state index contributed by atoms with van der Waals surface area (Å²) in [5.74, 6) is 1.42. The van der Waals surface area contributed by atoms with Crippen molar-refractivity contribution < 1.29 is 13.7 Å². The van der Waals surface area contributed by atoms with Crippen molar-refractivity contribution >= 4 is 5.96 Å². The van der Waals surface area contributed by atoms with E-state index in [2.05, 4.69) is 34.5 Å². The predicted molar refractivity (Wildman–Crippen MR) is 120 cm³/mol. The van der Waals surface area contributed by atoms with Crippen LogP contribution in [0.4, 0.5) is 4.39 Å². The predicted octanol–water partition coefficient (Wildman–Crippen LogP) is 3.07. The smallest absolute Gasteiger partial charge is 0.191 e. The lowest BCUT2D eigenvalue weighted by atomic mass is 10.0. The van der Waals surface area contributed by atoms with Crippen molar-refractivity contribution in [1.29, 1.82) is 0 Å². The maximum atomic E-state index is 13.5. The number of nitrogens with zero attached hydrogens (tertiary/aromatic N) is 3. The quantitative estimate of drug-likeness (QED) is 0.470. The van der Waals surface area contributed by atoms with Gasteiger partial charge in [-0.2, -0.15) is 0 Å². The van der Waals surface area contributed by atoms with Crippen LogP contribution in [-0.4, -0.2) is 55.4 Å². The van der Waals surface area contributed by atoms with E-state index in [1.165, 1.54) is 12.1 Å². The summed E-state index contributed by atoms with van der Waals surface area (Å²) < 4.78 is 24.5. The summed E-state index contributed by atoms with van der Waals surface area (Å²) in [7, 11) is 0. The molecular formula is C23H34FN5O2. The molecule has 1 saturated heterocycles. The highest BCUT2D eigenvalue weighted by Gasteiger charge is 2.23. The normalized spacial score (nSPS) is 16.3. The summed E-state index contributed by atoms with van der Waals surface area (Å²) >= 11 is 0. The van der Waals surface area contributed by atoms with Crippen molar-refractivity contribution in [3.8, 4) is 0 Å². The SMILES string of the molecule is CCNC(=NCc1c(CC)noc1CC)NCC(c1ccc(F)cc1)N1CCOCC1. The van der Waals surface area contributed by atoms with Crippen molar-refractivity contribution in [1.82, 2.24) is 20.7 Å². The van der Waals surface area contributed by atoms with E-state index in [-0.39, 0.29) is 11.9 Å². The number of hydrogen-bond acceptors (Lipinski definition) is 5. The molecule has 1 fully saturated rings. The van der Waals surface area contributed by atoms with Gasteiger partial charge in [0.1, 0.15) is 11.6 Å². The minimum absolute atomic E-state index is 0.0985. The van der Waals surface area contributed by atoms with Crippen molar-refractivity contribution in [3.63, 3.8) is 0 Å². The molecule has 31 heavy (non-hydrogen) atoms. The first-order chi connectivity index (χ1) is 15.2. The van der Waals surface area contributed by atoms with Gasteiger partial charge in [0, 0.05) is 38.2 Å². The van der Waals surface area contributed by atoms with Gasteiger partial charge in [0.05, 0.1) is 31.5 Å². The monoisotopic (exact) mass is 431 g/mol. The first kappa shape index (κ1) is 23.2. The van der Waals surface area contributed by atoms with Gasteiger partial charge in [-0.05, 0) is 31.0 Å². The van der Waals surface area contributed by atoms with Gasteiger partial charge in [0.2, 0.25) is 0 Å². The summed E-state index contributed by atoms with van der Waals surface area (Å²) in [6.45, 7) is 11.2. The Balaban J connectivity index is 1.74. The second kappa shape index (κ2) is 11.8. The van der Waals surface area contributed by atoms with Crippen molar-refractivity contribution in [2.75, 3.05) is 39.4 Å². The maximum absolute atomic E-state index is 13.5. The Kier molecular flexibility index (Phi) is 8.85. The molecule has 170 valence electrons. The molecule has 7 nitrogen and oxygen atoms in total. The number of benzene rings is 1. The molecule has 2 N–H and O–H groups in total. The summed E-state index contributed by atoms with van der Waals surface area (Å²) in [6, 6.07) is 6.86. The second-order valence-electron chi connectivity index (χ2n) is 7.53. The summed E-state index contributed by atoms with van der Waals surface area (Å²) in [5, 5.41) is 11.0. The van der Waals surface area contributed by atoms with Crippen LogP contribution in [0.1, 0.15) is 49.4 Å². The fourth-order valence-corrected chi connectivity index (χ4v) is 3.84. The topological polar surface area (TPSA) is 74.9 Å². The standard InChI is InChI=1S/C23H34FN5O2/c1-4-20-19(22(5-2)31-28-20)15-26-23(25-6-3)27-16-21(29-11-13-30-14-12-29)17-7-9-18(24)10-8-17/h7-10,21H,4-6,11-16H2,1-3H3,(H2,25,26,27). The van der Waals surface area contributed by atoms with Crippen LogP contribution in [0.25, 0.3) is 0 Å². The summed E-state index contributed by atoms with van der Waals surface area (Å²) in [4.78, 5) is 7.16. The molecule has 8 heteroatoms. The van der Waals surface area contributed by atoms with Crippen LogP contribution >= 0.6 is 0 Å². The average Bonchev–Trinajstić information content (AvgIpc) is 3.21. The van der Waals surface area contributed by atoms with Crippen LogP contribution in [-0.2, 0) is 24.1 Å². The first-order valence-corrected chi connectivity index (χ1v) is 11.2. The van der Waals surface area contributed by atoms with E-state index < -0.39 is 0 Å². The van der Waals surface area contributed by atoms with Crippen molar-refractivity contribution in [2.45, 2.75) is 46.2 Å². The minimum atomic E-state index is -0.223. The van der Waals surface area contributed by atoms with E-state index in [4.69, 9.17) is 14.3 Å². The molecule has 0 amide bonds. The highest BCUT2D eigenvalue weighted by molar-refractivity contribution is 5.79. The number of aryl methyl sites for hydroxylation is 2. The van der Waals surface area contributed by atoms with Gasteiger partial charge in [-0.25, -0.2) is 9.38 Å². The number of rotatable bonds is 9. The maximum Gasteiger partial charge on any atom is 0.191 e. The lowest BCUT2D eigenvalue weighted by Gasteiger charge is -2.35. The lowest BCUT2D eigenvalue weighted by molar-refractivity contribution is 0.0170. The Morgan fingerprint density at radius 2 is 1.87 bits per heavy atom. The Morgan fingerprint density at radius 3 is 2.52 bits per heavy atom. The third kappa shape index (κ3) is 6.27. The van der Waals surface area contributed by atoms with Crippen molar-refractivity contribution in [3.05, 3.63) is 52.7 Å². The van der Waals surface area contributed by atoms with E-state index in [9.17, 15) is 4.39 Å². The van der Waals surface area contributed by atoms with Gasteiger partial charge < -0.3 is 19.9 Å². The molecular weight excluding hydrogens is 397 g/mol. The van der Waals surface area contributed by atoms with Crippen LogP contribution in [0.5, 0.6) is 0 Å². The minimum Gasteiger partial charge on any atom is -0.379 e. The average molecular weight is 432 g/mol. The molecule has 1 aliphatic heterocycles. The van der Waals surface area contributed by atoms with Crippen molar-refractivity contribution in [2.24, 2.45) is 4.99 Å². The Morgan fingerprint density at radius 1 is 1.13 bits per heavy atom. The van der Waals surface area contributed by atoms with E-state index in [0.717, 1.165) is 61.0 Å². The lowest BCUT2D eigenvalue weighted by Crippen LogP contribution is -2.46. The van der Waals surface area contributed by atoms with Gasteiger partial charge in [-0.1, -0.05) is 31.1 Å². The van der Waals surface area contributed by atoms with E-state index in [0.29, 0.717) is 26.3 Å². The third-order valence-corrected chi connectivity index (χ3v) is 5.55. The summed E-state index contributed by atoms with van der Waals surface area (Å²) in [5.41, 5.74) is 3.12. The number of hydrogen-bond donors (Lipinski definition) is 2. The first-order valence-electron chi connectivity index (χ1n) is 11.2. The zero-order valence-corrected chi connectivity index (χ0v) is 18.8. The van der Waals surface area contributed by atoms with Gasteiger partial charge in [-0.15, -0.1) is 0 Å². The zero-order chi connectivity index (χ0) is 22.1. The molecule has 0 aliphatic carbocycles. The molecule has 1 aliphatic rings. The van der Waals surface area contributed by atoms with E-state index in [1.54, 1.807) is 0 Å². The third-order valence-electron chi connectivity index (χ3n) is 5.55. The van der Waals surface area contributed by atoms with Crippen LogP contribution in [0, 0.1) is 5.82 Å². The molecule has 2 aromatic rings. The zero-order valence-electron chi connectivity index (χ0n) is 18.8. The van der Waals surface area contributed by atoms with Gasteiger partial charge >= 0.3 is 0 Å². The number of halogens is 1. The highest BCUT2D eigenvalue weighted by atomic mass is 19.1. The number of ether oxygens (including phenoxy) is 1. The number of aliphatic imine (C=N–C) groups is 1. The molecule has 1 aromatic heterocycles. The van der Waals surface area contributed by atoms with Gasteiger partial charge in [0.15, 0.2) is 5.96 Å². The summed E-state index contributed by atoms with van der Waals surface area (Å²) in [6.07, 6.45) is 1.62. The number of nitrogens with one attached hydrogen (secondary N) is 2. The van der Waals surface area contributed by atoms with E-state index in [1.807, 2.05) is 19.1 Å². The molecule has 0 spiro atoms. The van der Waals surface area contributed by atoms with Crippen LogP contribution in [0.15, 0.2) is 33.8 Å². The molecule has 2 heterocycles. The molecule has 1 unspecified atom stereocenters. The molecule has 1 atom stereocenters. The molecule has 1 aromatic carbocycles.